The van der Waals surface area contributed by atoms with Gasteiger partial charge in [-0.3, -0.25) is 0 Å². The third-order valence-electron chi connectivity index (χ3n) is 6.57. The molecule has 0 spiro atoms. The summed E-state index contributed by atoms with van der Waals surface area (Å²) in [5, 5.41) is 3.42. The molecule has 0 saturated carbocycles. The van der Waals surface area contributed by atoms with Crippen molar-refractivity contribution in [2.75, 3.05) is 0 Å². The van der Waals surface area contributed by atoms with Gasteiger partial charge in [-0.25, -0.2) is 0 Å². The average Bonchev–Trinajstić information content (AvgIpc) is 2.90. The Labute approximate surface area is 213 Å². The topological polar surface area (TPSA) is 12.0 Å². The summed E-state index contributed by atoms with van der Waals surface area (Å²) >= 11 is 0. The average molecular weight is 464 g/mol. The van der Waals surface area contributed by atoms with Crippen molar-refractivity contribution in [3.05, 3.63) is 143 Å². The van der Waals surface area contributed by atoms with Crippen LogP contribution in [-0.4, -0.2) is 0 Å². The second-order valence-electron chi connectivity index (χ2n) is 9.34. The van der Waals surface area contributed by atoms with E-state index in [0.717, 1.165) is 13.1 Å². The van der Waals surface area contributed by atoms with Gasteiger partial charge in [0.1, 0.15) is 0 Å². The zero-order chi connectivity index (χ0) is 24.7. The molecule has 1 heteroatoms. The number of rotatable bonds is 10. The van der Waals surface area contributed by atoms with Crippen molar-refractivity contribution in [2.45, 2.75) is 65.5 Å². The van der Waals surface area contributed by atoms with Gasteiger partial charge >= 0.3 is 0 Å². The molecule has 0 atom stereocenters. The SMILES string of the molecule is CCCCCC(c1ccccc1C)c1ccccc1C.c1ccc(CNCc2ccccc2)cc1. The van der Waals surface area contributed by atoms with E-state index in [2.05, 4.69) is 123 Å². The Balaban J connectivity index is 0.000000203. The molecule has 4 rings (SSSR count). The van der Waals surface area contributed by atoms with Gasteiger partial charge in [0.25, 0.3) is 0 Å². The smallest absolute Gasteiger partial charge is 0.0208 e. The number of hydrogen-bond donors (Lipinski definition) is 1. The lowest BCUT2D eigenvalue weighted by Crippen LogP contribution is -2.12. The van der Waals surface area contributed by atoms with Gasteiger partial charge in [-0.05, 0) is 53.6 Å². The lowest BCUT2D eigenvalue weighted by atomic mass is 9.83. The van der Waals surface area contributed by atoms with Gasteiger partial charge < -0.3 is 5.32 Å². The molecular weight excluding hydrogens is 422 g/mol. The summed E-state index contributed by atoms with van der Waals surface area (Å²) < 4.78 is 0. The van der Waals surface area contributed by atoms with Gasteiger partial charge in [0.2, 0.25) is 0 Å². The number of aryl methyl sites for hydroxylation is 2. The number of nitrogens with one attached hydrogen (secondary N) is 1. The summed E-state index contributed by atoms with van der Waals surface area (Å²) in [4.78, 5) is 0. The fraction of sp³-hybridized carbons (Fsp3) is 0.294. The van der Waals surface area contributed by atoms with Crippen molar-refractivity contribution >= 4 is 0 Å². The van der Waals surface area contributed by atoms with E-state index in [1.165, 1.54) is 59.1 Å². The zero-order valence-electron chi connectivity index (χ0n) is 21.7. The van der Waals surface area contributed by atoms with Crippen LogP contribution in [0.15, 0.2) is 109 Å². The fourth-order valence-corrected chi connectivity index (χ4v) is 4.58. The molecule has 4 aromatic rings. The quantitative estimate of drug-likeness (QED) is 0.231. The fourth-order valence-electron chi connectivity index (χ4n) is 4.58. The second-order valence-corrected chi connectivity index (χ2v) is 9.34. The van der Waals surface area contributed by atoms with Crippen LogP contribution in [0.25, 0.3) is 0 Å². The number of unbranched alkanes of at least 4 members (excludes halogenated alkanes) is 2. The van der Waals surface area contributed by atoms with Gasteiger partial charge in [-0.1, -0.05) is 135 Å². The van der Waals surface area contributed by atoms with Gasteiger partial charge in [-0.15, -0.1) is 0 Å². The predicted octanol–water partition coefficient (Wildman–Crippen LogP) is 8.99. The van der Waals surface area contributed by atoms with Crippen LogP contribution in [0.5, 0.6) is 0 Å². The standard InChI is InChI=1S/C20H26.C14H15N/c1-4-5-6-15-20(18-13-9-7-11-16(18)2)19-14-10-8-12-17(19)3;1-3-7-13(8-4-1)11-15-12-14-9-5-2-6-10-14/h7-14,20H,4-6,15H2,1-3H3;1-10,15H,11-12H2. The highest BCUT2D eigenvalue weighted by atomic mass is 14.8. The molecular formula is C34H41N. The van der Waals surface area contributed by atoms with Crippen molar-refractivity contribution < 1.29 is 0 Å². The van der Waals surface area contributed by atoms with Crippen LogP contribution in [-0.2, 0) is 13.1 Å². The van der Waals surface area contributed by atoms with Gasteiger partial charge in [-0.2, -0.15) is 0 Å². The van der Waals surface area contributed by atoms with Crippen molar-refractivity contribution in [1.82, 2.24) is 5.32 Å². The molecule has 0 aliphatic rings. The van der Waals surface area contributed by atoms with E-state index in [4.69, 9.17) is 0 Å². The Kier molecular flexibility index (Phi) is 11.3. The van der Waals surface area contributed by atoms with Gasteiger partial charge in [0.15, 0.2) is 0 Å². The summed E-state index contributed by atoms with van der Waals surface area (Å²) in [6, 6.07) is 38.6. The second kappa shape index (κ2) is 15.0. The molecule has 0 unspecified atom stereocenters. The number of benzene rings is 4. The molecule has 0 amide bonds. The molecule has 1 nitrogen and oxygen atoms in total. The largest absolute Gasteiger partial charge is 0.309 e. The van der Waals surface area contributed by atoms with Crippen LogP contribution in [0.4, 0.5) is 0 Å². The Morgan fingerprint density at radius 3 is 1.40 bits per heavy atom. The Bertz CT molecular complexity index is 1020. The first-order valence-corrected chi connectivity index (χ1v) is 13.1. The third-order valence-corrected chi connectivity index (χ3v) is 6.57. The van der Waals surface area contributed by atoms with Crippen molar-refractivity contribution in [3.63, 3.8) is 0 Å². The van der Waals surface area contributed by atoms with E-state index >= 15 is 0 Å². The van der Waals surface area contributed by atoms with Crippen LogP contribution in [0, 0.1) is 13.8 Å². The summed E-state index contributed by atoms with van der Waals surface area (Å²) in [7, 11) is 0. The van der Waals surface area contributed by atoms with E-state index in [1.807, 2.05) is 12.1 Å². The van der Waals surface area contributed by atoms with E-state index in [9.17, 15) is 0 Å². The normalized spacial score (nSPS) is 10.6. The molecule has 0 fully saturated rings. The minimum atomic E-state index is 0.545. The molecule has 35 heavy (non-hydrogen) atoms. The summed E-state index contributed by atoms with van der Waals surface area (Å²) in [6.07, 6.45) is 5.18. The lowest BCUT2D eigenvalue weighted by molar-refractivity contribution is 0.615. The zero-order valence-corrected chi connectivity index (χ0v) is 21.7. The molecule has 4 aromatic carbocycles. The van der Waals surface area contributed by atoms with Gasteiger partial charge in [0, 0.05) is 19.0 Å². The van der Waals surface area contributed by atoms with E-state index in [0.29, 0.717) is 5.92 Å². The van der Waals surface area contributed by atoms with Crippen molar-refractivity contribution in [1.29, 1.82) is 0 Å². The molecule has 0 aliphatic heterocycles. The minimum Gasteiger partial charge on any atom is -0.309 e. The summed E-state index contributed by atoms with van der Waals surface area (Å²) in [5.74, 6) is 0.545. The van der Waals surface area contributed by atoms with Crippen LogP contribution in [0.2, 0.25) is 0 Å². The maximum atomic E-state index is 3.42. The summed E-state index contributed by atoms with van der Waals surface area (Å²) in [6.45, 7) is 8.60. The highest BCUT2D eigenvalue weighted by Crippen LogP contribution is 2.33. The molecule has 0 aliphatic carbocycles. The van der Waals surface area contributed by atoms with Crippen LogP contribution in [0.1, 0.15) is 71.9 Å². The van der Waals surface area contributed by atoms with Crippen molar-refractivity contribution in [2.24, 2.45) is 0 Å². The van der Waals surface area contributed by atoms with Crippen LogP contribution < -0.4 is 5.32 Å². The first-order valence-electron chi connectivity index (χ1n) is 13.1. The summed E-state index contributed by atoms with van der Waals surface area (Å²) in [5.41, 5.74) is 8.48. The molecule has 182 valence electrons. The first-order chi connectivity index (χ1) is 17.2. The highest BCUT2D eigenvalue weighted by molar-refractivity contribution is 5.40. The van der Waals surface area contributed by atoms with Gasteiger partial charge in [0.05, 0.1) is 0 Å². The van der Waals surface area contributed by atoms with E-state index in [-0.39, 0.29) is 0 Å². The minimum absolute atomic E-state index is 0.545. The molecule has 0 bridgehead atoms. The Morgan fingerprint density at radius 2 is 0.971 bits per heavy atom. The first kappa shape index (κ1) is 26.4. The molecule has 1 N–H and O–H groups in total. The maximum absolute atomic E-state index is 3.42. The Morgan fingerprint density at radius 1 is 0.543 bits per heavy atom. The predicted molar refractivity (Wildman–Crippen MR) is 152 cm³/mol. The van der Waals surface area contributed by atoms with Crippen LogP contribution in [0.3, 0.4) is 0 Å². The molecule has 0 heterocycles. The molecule has 0 saturated heterocycles. The monoisotopic (exact) mass is 463 g/mol. The Hall–Kier alpha value is -3.16. The maximum Gasteiger partial charge on any atom is 0.0208 e. The molecule has 0 radical (unpaired) electrons. The van der Waals surface area contributed by atoms with Crippen LogP contribution >= 0.6 is 0 Å². The lowest BCUT2D eigenvalue weighted by Gasteiger charge is -2.22. The van der Waals surface area contributed by atoms with Crippen molar-refractivity contribution in [3.8, 4) is 0 Å². The third kappa shape index (κ3) is 8.85. The van der Waals surface area contributed by atoms with E-state index < -0.39 is 0 Å². The number of hydrogen-bond acceptors (Lipinski definition) is 1. The molecule has 0 aromatic heterocycles. The van der Waals surface area contributed by atoms with E-state index in [1.54, 1.807) is 0 Å². The highest BCUT2D eigenvalue weighted by Gasteiger charge is 2.17.